The van der Waals surface area contributed by atoms with E-state index >= 15 is 0 Å². The highest BCUT2D eigenvalue weighted by Gasteiger charge is 2.48. The number of aromatic nitrogens is 2. The van der Waals surface area contributed by atoms with Gasteiger partial charge < -0.3 is 21.1 Å². The SMILES string of the molecule is CC(C)n1nccc1C(=O)N[C@H](C(=O)Nc1ccc2c(c1)CC[C@H]2NC(=O)[C@H](O)CF)C(C1CC1)C1CC1. The molecule has 4 N–H and O–H groups in total. The van der Waals surface area contributed by atoms with Gasteiger partial charge in [0.25, 0.3) is 11.8 Å². The monoisotopic (exact) mass is 525 g/mol. The Morgan fingerprint density at radius 3 is 2.42 bits per heavy atom. The molecule has 2 saturated carbocycles. The van der Waals surface area contributed by atoms with Crippen LogP contribution in [-0.4, -0.2) is 51.4 Å². The van der Waals surface area contributed by atoms with Gasteiger partial charge in [-0.3, -0.25) is 19.1 Å². The standard InChI is InChI=1S/C28H36FN5O4/c1-15(2)34-22(11-12-30-34)26(36)33-25(24(16-3-4-16)17-5-6-17)28(38)31-19-8-9-20-18(13-19)7-10-21(20)32-27(37)23(35)14-29/h8-9,11-13,15-17,21,23-25,35H,3-7,10,14H2,1-2H3,(H,31,38)(H,32,37)(H,33,36)/t21-,23-,25+/m1/s1. The van der Waals surface area contributed by atoms with Crippen molar-refractivity contribution >= 4 is 23.4 Å². The molecule has 1 aromatic heterocycles. The maximum Gasteiger partial charge on any atom is 0.270 e. The van der Waals surface area contributed by atoms with Gasteiger partial charge in [0.15, 0.2) is 6.10 Å². The molecule has 2 aromatic rings. The molecule has 0 aliphatic heterocycles. The van der Waals surface area contributed by atoms with E-state index < -0.39 is 24.7 Å². The number of hydrogen-bond donors (Lipinski definition) is 4. The van der Waals surface area contributed by atoms with Crippen LogP contribution in [0.3, 0.4) is 0 Å². The summed E-state index contributed by atoms with van der Waals surface area (Å²) >= 11 is 0. The van der Waals surface area contributed by atoms with Crippen LogP contribution in [0.4, 0.5) is 10.1 Å². The summed E-state index contributed by atoms with van der Waals surface area (Å²) in [7, 11) is 0. The van der Waals surface area contributed by atoms with Crippen LogP contribution in [0, 0.1) is 17.8 Å². The third-order valence-electron chi connectivity index (χ3n) is 7.93. The second-order valence-electron chi connectivity index (χ2n) is 11.1. The predicted molar refractivity (Wildman–Crippen MR) is 139 cm³/mol. The van der Waals surface area contributed by atoms with Crippen LogP contribution >= 0.6 is 0 Å². The van der Waals surface area contributed by atoms with E-state index in [-0.39, 0.29) is 29.8 Å². The smallest absolute Gasteiger partial charge is 0.270 e. The van der Waals surface area contributed by atoms with Gasteiger partial charge in [0.1, 0.15) is 18.4 Å². The Hall–Kier alpha value is -3.27. The number of fused-ring (bicyclic) bond motifs is 1. The molecule has 2 fully saturated rings. The first-order valence-corrected chi connectivity index (χ1v) is 13.6. The number of aliphatic hydroxyl groups excluding tert-OH is 1. The Morgan fingerprint density at radius 2 is 1.79 bits per heavy atom. The van der Waals surface area contributed by atoms with Crippen molar-refractivity contribution in [3.05, 3.63) is 47.3 Å². The zero-order valence-corrected chi connectivity index (χ0v) is 21.8. The Morgan fingerprint density at radius 1 is 1.08 bits per heavy atom. The number of aliphatic hydroxyl groups is 1. The van der Waals surface area contributed by atoms with E-state index in [0.717, 1.165) is 36.8 Å². The van der Waals surface area contributed by atoms with Crippen LogP contribution in [0.5, 0.6) is 0 Å². The fourth-order valence-corrected chi connectivity index (χ4v) is 5.75. The van der Waals surface area contributed by atoms with Crippen LogP contribution in [0.15, 0.2) is 30.5 Å². The molecular weight excluding hydrogens is 489 g/mol. The molecule has 10 heteroatoms. The summed E-state index contributed by atoms with van der Waals surface area (Å²) < 4.78 is 14.3. The van der Waals surface area contributed by atoms with E-state index in [1.807, 2.05) is 26.0 Å². The fourth-order valence-electron chi connectivity index (χ4n) is 5.75. The summed E-state index contributed by atoms with van der Waals surface area (Å²) in [4.78, 5) is 38.9. The summed E-state index contributed by atoms with van der Waals surface area (Å²) in [6, 6.07) is 6.25. The number of amides is 3. The molecule has 9 nitrogen and oxygen atoms in total. The van der Waals surface area contributed by atoms with Crippen molar-refractivity contribution in [1.29, 1.82) is 0 Å². The molecular formula is C28H36FN5O4. The Bertz CT molecular complexity index is 1190. The highest BCUT2D eigenvalue weighted by molar-refractivity contribution is 6.01. The first-order chi connectivity index (χ1) is 18.3. The summed E-state index contributed by atoms with van der Waals surface area (Å²) in [5, 5.41) is 22.5. The molecule has 0 saturated heterocycles. The number of anilines is 1. The van der Waals surface area contributed by atoms with Crippen molar-refractivity contribution < 1.29 is 23.9 Å². The van der Waals surface area contributed by atoms with Crippen molar-refractivity contribution in [3.63, 3.8) is 0 Å². The Kier molecular flexibility index (Phi) is 7.52. The second-order valence-corrected chi connectivity index (χ2v) is 11.1. The highest BCUT2D eigenvalue weighted by atomic mass is 19.1. The van der Waals surface area contributed by atoms with Crippen LogP contribution in [-0.2, 0) is 16.0 Å². The highest BCUT2D eigenvalue weighted by Crippen LogP contribution is 2.51. The molecule has 1 heterocycles. The molecule has 0 bridgehead atoms. The Labute approximate surface area is 221 Å². The number of hydrogen-bond acceptors (Lipinski definition) is 5. The average Bonchev–Trinajstić information content (AvgIpc) is 3.83. The fraction of sp³-hybridized carbons (Fsp3) is 0.571. The third kappa shape index (κ3) is 5.60. The van der Waals surface area contributed by atoms with Crippen LogP contribution in [0.1, 0.15) is 79.7 Å². The molecule has 3 aliphatic rings. The zero-order valence-electron chi connectivity index (χ0n) is 21.8. The van der Waals surface area contributed by atoms with E-state index in [4.69, 9.17) is 0 Å². The van der Waals surface area contributed by atoms with Crippen molar-refractivity contribution in [1.82, 2.24) is 20.4 Å². The lowest BCUT2D eigenvalue weighted by Crippen LogP contribution is -2.50. The Balaban J connectivity index is 1.32. The van der Waals surface area contributed by atoms with E-state index in [9.17, 15) is 23.9 Å². The lowest BCUT2D eigenvalue weighted by molar-refractivity contribution is -0.130. The number of carbonyl (C=O) groups excluding carboxylic acids is 3. The van der Waals surface area contributed by atoms with Crippen LogP contribution < -0.4 is 16.0 Å². The number of alkyl halides is 1. The van der Waals surface area contributed by atoms with Gasteiger partial charge in [0.05, 0.1) is 6.04 Å². The number of carbonyl (C=O) groups is 3. The minimum atomic E-state index is -1.67. The predicted octanol–water partition coefficient (Wildman–Crippen LogP) is 3.07. The lowest BCUT2D eigenvalue weighted by Gasteiger charge is -2.28. The molecule has 38 heavy (non-hydrogen) atoms. The molecule has 3 amide bonds. The minimum absolute atomic E-state index is 0.0148. The topological polar surface area (TPSA) is 125 Å². The summed E-state index contributed by atoms with van der Waals surface area (Å²) in [5.41, 5.74) is 2.93. The summed E-state index contributed by atoms with van der Waals surface area (Å²) in [6.07, 6.45) is 5.55. The molecule has 1 aromatic carbocycles. The number of aryl methyl sites for hydroxylation is 1. The molecule has 204 valence electrons. The molecule has 3 aliphatic carbocycles. The molecule has 3 atom stereocenters. The molecule has 0 unspecified atom stereocenters. The number of halogens is 1. The quantitative estimate of drug-likeness (QED) is 0.359. The number of nitrogens with zero attached hydrogens (tertiary/aromatic N) is 2. The van der Waals surface area contributed by atoms with Gasteiger partial charge >= 0.3 is 0 Å². The van der Waals surface area contributed by atoms with Crippen molar-refractivity contribution in [2.24, 2.45) is 17.8 Å². The van der Waals surface area contributed by atoms with Gasteiger partial charge in [-0.1, -0.05) is 6.07 Å². The third-order valence-corrected chi connectivity index (χ3v) is 7.93. The van der Waals surface area contributed by atoms with Gasteiger partial charge in [-0.2, -0.15) is 5.10 Å². The maximum absolute atomic E-state index is 13.7. The molecule has 5 rings (SSSR count). The maximum atomic E-state index is 13.7. The van der Waals surface area contributed by atoms with E-state index in [0.29, 0.717) is 36.1 Å². The van der Waals surface area contributed by atoms with E-state index in [1.165, 1.54) is 0 Å². The van der Waals surface area contributed by atoms with Crippen molar-refractivity contribution in [3.8, 4) is 0 Å². The van der Waals surface area contributed by atoms with E-state index in [2.05, 4.69) is 21.0 Å². The van der Waals surface area contributed by atoms with E-state index in [1.54, 1.807) is 23.0 Å². The average molecular weight is 526 g/mol. The largest absolute Gasteiger partial charge is 0.381 e. The lowest BCUT2D eigenvalue weighted by atomic mass is 9.88. The van der Waals surface area contributed by atoms with Crippen LogP contribution in [0.25, 0.3) is 0 Å². The summed E-state index contributed by atoms with van der Waals surface area (Å²) in [6.45, 7) is 2.78. The van der Waals surface area contributed by atoms with Crippen molar-refractivity contribution in [2.75, 3.05) is 12.0 Å². The molecule has 0 spiro atoms. The normalized spacial score (nSPS) is 20.2. The second kappa shape index (κ2) is 10.8. The summed E-state index contributed by atoms with van der Waals surface area (Å²) in [5.74, 6) is -0.274. The van der Waals surface area contributed by atoms with Gasteiger partial charge in [0, 0.05) is 17.9 Å². The number of nitrogens with one attached hydrogen (secondary N) is 3. The first-order valence-electron chi connectivity index (χ1n) is 13.6. The van der Waals surface area contributed by atoms with Gasteiger partial charge in [-0.05, 0) is 99.5 Å². The van der Waals surface area contributed by atoms with Crippen LogP contribution in [0.2, 0.25) is 0 Å². The molecule has 0 radical (unpaired) electrons. The minimum Gasteiger partial charge on any atom is -0.381 e. The number of rotatable bonds is 11. The van der Waals surface area contributed by atoms with Gasteiger partial charge in [-0.25, -0.2) is 4.39 Å². The number of benzene rings is 1. The first kappa shape index (κ1) is 26.3. The van der Waals surface area contributed by atoms with Crippen molar-refractivity contribution in [2.45, 2.75) is 76.6 Å². The van der Waals surface area contributed by atoms with Gasteiger partial charge in [-0.15, -0.1) is 0 Å². The van der Waals surface area contributed by atoms with Gasteiger partial charge in [0.2, 0.25) is 5.91 Å². The zero-order chi connectivity index (χ0) is 27.0.